The van der Waals surface area contributed by atoms with E-state index in [2.05, 4.69) is 21.1 Å². The summed E-state index contributed by atoms with van der Waals surface area (Å²) >= 11 is 0. The van der Waals surface area contributed by atoms with Crippen molar-refractivity contribution in [3.8, 4) is 0 Å². The summed E-state index contributed by atoms with van der Waals surface area (Å²) in [5.74, 6) is -2.09. The molecule has 3 aromatic rings. The second-order valence-corrected chi connectivity index (χ2v) is 6.19. The maximum Gasteiger partial charge on any atom is 0.307 e. The Kier molecular flexibility index (Phi) is 6.96. The fraction of sp³-hybridized carbons (Fsp3) is 0. The van der Waals surface area contributed by atoms with Gasteiger partial charge in [0.05, 0.1) is 33.4 Å². The summed E-state index contributed by atoms with van der Waals surface area (Å²) in [4.78, 5) is 45.0. The zero-order valence-corrected chi connectivity index (χ0v) is 16.6. The molecule has 0 aliphatic carbocycles. The minimum absolute atomic E-state index is 0.179. The molecule has 0 aliphatic heterocycles. The molecule has 0 atom stereocenters. The molecule has 166 valence electrons. The molecule has 1 aromatic heterocycles. The summed E-state index contributed by atoms with van der Waals surface area (Å²) < 4.78 is 5.15. The average Bonchev–Trinajstić information content (AvgIpc) is 3.30. The number of benzene rings is 2. The topological polar surface area (TPSA) is 182 Å². The standard InChI is InChI=1S/C20H14N6O7/c27-19(23-21-11-13-5-1-3-7-15(13)25(29)30)17-9-10-18(33-17)20(28)24-22-12-14-6-2-4-8-16(14)26(31)32/h1-12H,(H,23,27)(H,24,28)/b21-11+,22-12+. The van der Waals surface area contributed by atoms with Gasteiger partial charge >= 0.3 is 11.8 Å². The fourth-order valence-corrected chi connectivity index (χ4v) is 2.54. The molecule has 2 N–H and O–H groups in total. The average molecular weight is 450 g/mol. The van der Waals surface area contributed by atoms with Gasteiger partial charge in [-0.25, -0.2) is 10.9 Å². The van der Waals surface area contributed by atoms with Gasteiger partial charge in [-0.15, -0.1) is 0 Å². The number of nitrogens with zero attached hydrogens (tertiary/aromatic N) is 4. The van der Waals surface area contributed by atoms with E-state index in [1.807, 2.05) is 0 Å². The number of furan rings is 1. The summed E-state index contributed by atoms with van der Waals surface area (Å²) in [7, 11) is 0. The Bertz CT molecular complexity index is 1190. The van der Waals surface area contributed by atoms with Crippen LogP contribution in [-0.2, 0) is 0 Å². The normalized spacial score (nSPS) is 10.9. The highest BCUT2D eigenvalue weighted by atomic mass is 16.6. The van der Waals surface area contributed by atoms with E-state index in [0.717, 1.165) is 12.4 Å². The molecular weight excluding hydrogens is 436 g/mol. The number of amides is 2. The van der Waals surface area contributed by atoms with Gasteiger partial charge in [0.2, 0.25) is 0 Å². The maximum atomic E-state index is 12.1. The molecule has 33 heavy (non-hydrogen) atoms. The van der Waals surface area contributed by atoms with Gasteiger partial charge in [-0.1, -0.05) is 24.3 Å². The van der Waals surface area contributed by atoms with Crippen molar-refractivity contribution >= 4 is 35.6 Å². The van der Waals surface area contributed by atoms with Gasteiger partial charge in [0.25, 0.3) is 11.4 Å². The third-order valence-corrected chi connectivity index (χ3v) is 4.06. The molecule has 0 saturated heterocycles. The molecule has 0 saturated carbocycles. The SMILES string of the molecule is O=C(N/N=C/c1ccccc1[N+](=O)[O-])c1ccc(C(=O)N/N=C/c2ccccc2[N+](=O)[O-])o1. The van der Waals surface area contributed by atoms with Crippen molar-refractivity contribution in [1.29, 1.82) is 0 Å². The van der Waals surface area contributed by atoms with Crippen molar-refractivity contribution in [2.75, 3.05) is 0 Å². The first kappa shape index (κ1) is 22.5. The van der Waals surface area contributed by atoms with Crippen molar-refractivity contribution in [3.63, 3.8) is 0 Å². The fourth-order valence-electron chi connectivity index (χ4n) is 2.54. The Morgan fingerprint density at radius 2 is 1.12 bits per heavy atom. The van der Waals surface area contributed by atoms with Crippen molar-refractivity contribution < 1.29 is 23.9 Å². The Hall–Kier alpha value is -5.20. The quantitative estimate of drug-likeness (QED) is 0.300. The molecular formula is C20H14N6O7. The largest absolute Gasteiger partial charge is 0.446 e. The van der Waals surface area contributed by atoms with E-state index in [4.69, 9.17) is 4.42 Å². The van der Waals surface area contributed by atoms with Crippen LogP contribution >= 0.6 is 0 Å². The molecule has 0 fully saturated rings. The summed E-state index contributed by atoms with van der Waals surface area (Å²) in [6.07, 6.45) is 2.20. The number of hydrogen-bond donors (Lipinski definition) is 2. The summed E-state index contributed by atoms with van der Waals surface area (Å²) in [5.41, 5.74) is 4.26. The van der Waals surface area contributed by atoms with Crippen LogP contribution in [0.3, 0.4) is 0 Å². The predicted octanol–water partition coefficient (Wildman–Crippen LogP) is 2.62. The Morgan fingerprint density at radius 3 is 1.52 bits per heavy atom. The predicted molar refractivity (Wildman–Crippen MR) is 115 cm³/mol. The van der Waals surface area contributed by atoms with Crippen LogP contribution in [0.5, 0.6) is 0 Å². The highest BCUT2D eigenvalue weighted by Gasteiger charge is 2.16. The van der Waals surface area contributed by atoms with Gasteiger partial charge < -0.3 is 4.42 Å². The van der Waals surface area contributed by atoms with E-state index in [1.165, 1.54) is 48.5 Å². The lowest BCUT2D eigenvalue weighted by Gasteiger charge is -1.98. The Balaban J connectivity index is 1.60. The lowest BCUT2D eigenvalue weighted by atomic mass is 10.2. The lowest BCUT2D eigenvalue weighted by Crippen LogP contribution is -2.18. The number of nitro benzene ring substituents is 2. The van der Waals surface area contributed by atoms with E-state index in [0.29, 0.717) is 0 Å². The van der Waals surface area contributed by atoms with Crippen molar-refractivity contribution in [1.82, 2.24) is 10.9 Å². The minimum Gasteiger partial charge on any atom is -0.446 e. The van der Waals surface area contributed by atoms with Crippen LogP contribution in [0.15, 0.2) is 75.3 Å². The van der Waals surface area contributed by atoms with Gasteiger partial charge in [-0.3, -0.25) is 29.8 Å². The minimum atomic E-state index is -0.799. The van der Waals surface area contributed by atoms with Crippen LogP contribution in [0, 0.1) is 20.2 Å². The highest BCUT2D eigenvalue weighted by Crippen LogP contribution is 2.16. The molecule has 1 heterocycles. The number of hydrogen-bond acceptors (Lipinski definition) is 9. The Labute approximate surface area is 184 Å². The third kappa shape index (κ3) is 5.69. The van der Waals surface area contributed by atoms with Crippen molar-refractivity contribution in [3.05, 3.63) is 104 Å². The summed E-state index contributed by atoms with van der Waals surface area (Å²) in [5, 5.41) is 29.3. The number of carbonyl (C=O) groups excluding carboxylic acids is 2. The molecule has 0 aliphatic rings. The number of nitrogens with one attached hydrogen (secondary N) is 2. The first-order valence-electron chi connectivity index (χ1n) is 9.10. The van der Waals surface area contributed by atoms with Gasteiger partial charge in [-0.05, 0) is 24.3 Å². The van der Waals surface area contributed by atoms with Crippen LogP contribution in [0.25, 0.3) is 0 Å². The highest BCUT2D eigenvalue weighted by molar-refractivity contribution is 5.96. The van der Waals surface area contributed by atoms with E-state index in [-0.39, 0.29) is 34.0 Å². The summed E-state index contributed by atoms with van der Waals surface area (Å²) in [6, 6.07) is 14.1. The van der Waals surface area contributed by atoms with Gasteiger partial charge in [0, 0.05) is 12.1 Å². The molecule has 2 aromatic carbocycles. The summed E-state index contributed by atoms with van der Waals surface area (Å²) in [6.45, 7) is 0. The van der Waals surface area contributed by atoms with Crippen LogP contribution in [0.4, 0.5) is 11.4 Å². The van der Waals surface area contributed by atoms with Gasteiger partial charge in [0.15, 0.2) is 11.5 Å². The number of carbonyl (C=O) groups is 2. The molecule has 13 heteroatoms. The van der Waals surface area contributed by atoms with Gasteiger partial charge in [0.1, 0.15) is 0 Å². The van der Waals surface area contributed by atoms with Crippen molar-refractivity contribution in [2.24, 2.45) is 10.2 Å². The smallest absolute Gasteiger partial charge is 0.307 e. The first-order chi connectivity index (χ1) is 15.9. The second kappa shape index (κ2) is 10.2. The monoisotopic (exact) mass is 450 g/mol. The Morgan fingerprint density at radius 1 is 0.727 bits per heavy atom. The van der Waals surface area contributed by atoms with Gasteiger partial charge in [-0.2, -0.15) is 10.2 Å². The van der Waals surface area contributed by atoms with E-state index in [9.17, 15) is 29.8 Å². The van der Waals surface area contributed by atoms with Crippen molar-refractivity contribution in [2.45, 2.75) is 0 Å². The lowest BCUT2D eigenvalue weighted by molar-refractivity contribution is -0.385. The van der Waals surface area contributed by atoms with E-state index >= 15 is 0 Å². The van der Waals surface area contributed by atoms with Crippen LogP contribution in [0.2, 0.25) is 0 Å². The molecule has 0 bridgehead atoms. The van der Waals surface area contributed by atoms with Crippen LogP contribution < -0.4 is 10.9 Å². The molecule has 0 radical (unpaired) electrons. The number of nitro groups is 2. The molecule has 0 spiro atoms. The zero-order valence-electron chi connectivity index (χ0n) is 16.6. The zero-order chi connectivity index (χ0) is 23.8. The number of rotatable bonds is 8. The number of para-hydroxylation sites is 2. The molecule has 2 amide bonds. The second-order valence-electron chi connectivity index (χ2n) is 6.19. The first-order valence-corrected chi connectivity index (χ1v) is 9.10. The molecule has 0 unspecified atom stereocenters. The molecule has 3 rings (SSSR count). The van der Waals surface area contributed by atoms with Crippen LogP contribution in [-0.4, -0.2) is 34.1 Å². The van der Waals surface area contributed by atoms with Crippen LogP contribution in [0.1, 0.15) is 32.2 Å². The van der Waals surface area contributed by atoms with E-state index < -0.39 is 21.7 Å². The third-order valence-electron chi connectivity index (χ3n) is 4.06. The molecule has 13 nitrogen and oxygen atoms in total. The number of hydrazone groups is 2. The maximum absolute atomic E-state index is 12.1. The van der Waals surface area contributed by atoms with E-state index in [1.54, 1.807) is 12.1 Å².